The zero-order valence-electron chi connectivity index (χ0n) is 14.4. The molecule has 0 fully saturated rings. The molecule has 0 bridgehead atoms. The van der Waals surface area contributed by atoms with E-state index in [1.54, 1.807) is 10.4 Å². The van der Waals surface area contributed by atoms with Crippen molar-refractivity contribution in [2.24, 2.45) is 0 Å². The van der Waals surface area contributed by atoms with Crippen LogP contribution in [-0.2, 0) is 29.7 Å². The number of methoxy groups -OCH3 is 1. The van der Waals surface area contributed by atoms with Crippen LogP contribution < -0.4 is 32.8 Å². The molecule has 0 unspecified atom stereocenters. The molecule has 4 rings (SSSR count). The normalized spacial score (nSPS) is 14.8. The van der Waals surface area contributed by atoms with E-state index in [4.69, 9.17) is 4.74 Å². The van der Waals surface area contributed by atoms with Gasteiger partial charge in [0.15, 0.2) is 0 Å². The molecule has 0 heterocycles. The minimum atomic E-state index is -0.766. The first-order valence-corrected chi connectivity index (χ1v) is 10.7. The molecule has 0 atom stereocenters. The standard InChI is InChI=1S/C14H11O.C7H9.2ClH.Zr/c1-15-13-8-4-6-11-9-10-5-2-3-7-12(10)14(11)13;1-2-7-5-3-4-6-7;;;/h2-5,7-8H,9H2,1H3;3-6H,2H2,1H3;2*1H;/q;;;;+2/p-2. The number of halogens is 2. The number of benzene rings is 2. The van der Waals surface area contributed by atoms with Crippen LogP contribution in [0.25, 0.3) is 11.1 Å². The maximum atomic E-state index is 5.68. The summed E-state index contributed by atoms with van der Waals surface area (Å²) in [6.45, 7) is 2.32. The summed E-state index contributed by atoms with van der Waals surface area (Å²) in [7, 11) is 1.78. The molecule has 0 aliphatic heterocycles. The van der Waals surface area contributed by atoms with Gasteiger partial charge in [0.2, 0.25) is 0 Å². The van der Waals surface area contributed by atoms with E-state index in [1.165, 1.54) is 28.7 Å². The fraction of sp³-hybridized carbons (Fsp3) is 0.238. The van der Waals surface area contributed by atoms with Gasteiger partial charge in [0.1, 0.15) is 0 Å². The molecule has 2 aliphatic carbocycles. The molecular formula is C21H20Cl2OZr. The van der Waals surface area contributed by atoms with E-state index in [0.717, 1.165) is 12.2 Å². The summed E-state index contributed by atoms with van der Waals surface area (Å²) in [4.78, 5) is 0. The predicted molar refractivity (Wildman–Crippen MR) is 92.1 cm³/mol. The summed E-state index contributed by atoms with van der Waals surface area (Å²) >= 11 is -0.766. The zero-order valence-corrected chi connectivity index (χ0v) is 18.3. The van der Waals surface area contributed by atoms with Gasteiger partial charge in [0, 0.05) is 0 Å². The van der Waals surface area contributed by atoms with Gasteiger partial charge in [0.05, 0.1) is 0 Å². The van der Waals surface area contributed by atoms with Crippen molar-refractivity contribution in [3.8, 4) is 16.9 Å². The third-order valence-corrected chi connectivity index (χ3v) is 9.65. The van der Waals surface area contributed by atoms with Crippen LogP contribution in [0.2, 0.25) is 3.12 Å². The van der Waals surface area contributed by atoms with Crippen LogP contribution in [-0.4, -0.2) is 7.11 Å². The fourth-order valence-corrected chi connectivity index (χ4v) is 7.52. The van der Waals surface area contributed by atoms with Gasteiger partial charge in [0.25, 0.3) is 0 Å². The molecule has 0 aromatic heterocycles. The Hall–Kier alpha value is -0.817. The maximum absolute atomic E-state index is 5.68. The van der Waals surface area contributed by atoms with E-state index in [2.05, 4.69) is 67.6 Å². The van der Waals surface area contributed by atoms with E-state index in [0.29, 0.717) is 3.12 Å². The Morgan fingerprint density at radius 3 is 2.44 bits per heavy atom. The van der Waals surface area contributed by atoms with Gasteiger partial charge in [-0.3, -0.25) is 0 Å². The molecule has 1 nitrogen and oxygen atoms in total. The van der Waals surface area contributed by atoms with Crippen LogP contribution in [0.4, 0.5) is 0 Å². The van der Waals surface area contributed by atoms with Crippen molar-refractivity contribution in [2.75, 3.05) is 7.11 Å². The molecule has 0 N–H and O–H groups in total. The molecule has 2 aliphatic rings. The second-order valence-corrected chi connectivity index (χ2v) is 10.5. The van der Waals surface area contributed by atoms with E-state index < -0.39 is 23.2 Å². The van der Waals surface area contributed by atoms with Crippen molar-refractivity contribution >= 4 is 3.27 Å². The summed E-state index contributed by atoms with van der Waals surface area (Å²) in [5, 5.41) is 0. The molecule has 4 heteroatoms. The fourth-order valence-electron chi connectivity index (χ4n) is 3.67. The first-order chi connectivity index (χ1) is 11.3. The summed E-state index contributed by atoms with van der Waals surface area (Å²) < 4.78 is 7.65. The Morgan fingerprint density at radius 1 is 1.04 bits per heavy atom. The molecule has 0 amide bonds. The van der Waals surface area contributed by atoms with Crippen LogP contribution in [0.15, 0.2) is 60.7 Å². The van der Waals surface area contributed by atoms with Gasteiger partial charge in [-0.15, -0.1) is 0 Å². The summed E-state index contributed by atoms with van der Waals surface area (Å²) in [5.41, 5.74) is 5.68. The molecule has 2 aromatic rings. The van der Waals surface area contributed by atoms with Crippen molar-refractivity contribution in [1.82, 2.24) is 0 Å². The van der Waals surface area contributed by atoms with E-state index in [1.807, 2.05) is 0 Å². The Labute approximate surface area is 173 Å². The van der Waals surface area contributed by atoms with Crippen LogP contribution in [0.5, 0.6) is 5.75 Å². The number of hydrogen-bond donors (Lipinski definition) is 0. The van der Waals surface area contributed by atoms with Crippen molar-refractivity contribution in [2.45, 2.75) is 22.9 Å². The Balaban J connectivity index is 0.00000113. The van der Waals surface area contributed by atoms with Crippen molar-refractivity contribution in [3.05, 3.63) is 71.8 Å². The van der Waals surface area contributed by atoms with Crippen LogP contribution >= 0.6 is 0 Å². The number of ether oxygens (including phenoxy) is 1. The van der Waals surface area contributed by atoms with E-state index in [9.17, 15) is 0 Å². The van der Waals surface area contributed by atoms with Crippen molar-refractivity contribution in [1.29, 1.82) is 0 Å². The summed E-state index contributed by atoms with van der Waals surface area (Å²) in [6.07, 6.45) is 11.6. The average Bonchev–Trinajstić information content (AvgIpc) is 3.21. The predicted octanol–water partition coefficient (Wildman–Crippen LogP) is -1.32. The molecule has 0 saturated carbocycles. The quantitative estimate of drug-likeness (QED) is 0.479. The minimum absolute atomic E-state index is 0. The maximum Gasteiger partial charge on any atom is -1.00 e. The average molecular weight is 451 g/mol. The van der Waals surface area contributed by atoms with E-state index >= 15 is 0 Å². The van der Waals surface area contributed by atoms with Crippen molar-refractivity contribution in [3.63, 3.8) is 0 Å². The van der Waals surface area contributed by atoms with Crippen LogP contribution in [0.1, 0.15) is 24.5 Å². The number of hydrogen-bond acceptors (Lipinski definition) is 1. The zero-order chi connectivity index (χ0) is 15.9. The minimum Gasteiger partial charge on any atom is -1.00 e. The molecule has 25 heavy (non-hydrogen) atoms. The summed E-state index contributed by atoms with van der Waals surface area (Å²) in [6, 6.07) is 13.3. The second-order valence-electron chi connectivity index (χ2n) is 6.24. The monoisotopic (exact) mass is 448 g/mol. The molecule has 0 saturated heterocycles. The number of allylic oxidation sites excluding steroid dienone is 4. The first-order valence-electron chi connectivity index (χ1n) is 8.20. The van der Waals surface area contributed by atoms with Gasteiger partial charge in [-0.25, -0.2) is 0 Å². The third-order valence-electron chi connectivity index (χ3n) is 5.00. The molecule has 128 valence electrons. The van der Waals surface area contributed by atoms with Gasteiger partial charge < -0.3 is 24.8 Å². The SMILES string of the molecule is CC[C]1([Zr+2][c]2ccc(OC)c3c2Cc2ccccc2-3)C=CC=C1.[Cl-].[Cl-]. The van der Waals surface area contributed by atoms with Gasteiger partial charge in [-0.05, 0) is 0 Å². The summed E-state index contributed by atoms with van der Waals surface area (Å²) in [5.74, 6) is 1.02. The molecule has 2 aromatic carbocycles. The number of fused-ring (bicyclic) bond motifs is 3. The van der Waals surface area contributed by atoms with Crippen molar-refractivity contribution < 1.29 is 52.8 Å². The van der Waals surface area contributed by atoms with Crippen LogP contribution in [0, 0.1) is 0 Å². The molecular weight excluding hydrogens is 430 g/mol. The Kier molecular flexibility index (Phi) is 6.76. The topological polar surface area (TPSA) is 9.23 Å². The molecule has 0 spiro atoms. The van der Waals surface area contributed by atoms with Gasteiger partial charge >= 0.3 is 150 Å². The van der Waals surface area contributed by atoms with Gasteiger partial charge in [-0.2, -0.15) is 0 Å². The van der Waals surface area contributed by atoms with Crippen LogP contribution in [0.3, 0.4) is 0 Å². The first kappa shape index (κ1) is 20.5. The Bertz CT molecular complexity index is 815. The molecule has 0 radical (unpaired) electrons. The number of rotatable bonds is 4. The van der Waals surface area contributed by atoms with E-state index in [-0.39, 0.29) is 24.8 Å². The Morgan fingerprint density at radius 2 is 1.76 bits per heavy atom. The smallest absolute Gasteiger partial charge is 1.00 e. The van der Waals surface area contributed by atoms with Gasteiger partial charge in [-0.1, -0.05) is 0 Å². The largest absolute Gasteiger partial charge is 1.00 e. The third kappa shape index (κ3) is 3.54. The second kappa shape index (κ2) is 8.25.